The lowest BCUT2D eigenvalue weighted by Gasteiger charge is -1.99. The summed E-state index contributed by atoms with van der Waals surface area (Å²) in [5.74, 6) is 0. The third-order valence-electron chi connectivity index (χ3n) is 1.77. The Bertz CT molecular complexity index is 231. The molecule has 0 heterocycles. The van der Waals surface area contributed by atoms with Gasteiger partial charge in [0.05, 0.1) is 0 Å². The molecule has 0 radical (unpaired) electrons. The van der Waals surface area contributed by atoms with Crippen LogP contribution in [0.3, 0.4) is 0 Å². The van der Waals surface area contributed by atoms with Crippen molar-refractivity contribution in [2.24, 2.45) is 0 Å². The first-order valence-corrected chi connectivity index (χ1v) is 5.71. The Balaban J connectivity index is 2.48. The molecule has 0 N–H and O–H groups in total. The van der Waals surface area contributed by atoms with Gasteiger partial charge in [-0.2, -0.15) is 0 Å². The predicted molar refractivity (Wildman–Crippen MR) is 49.1 cm³/mol. The monoisotopic (exact) mass is 186 g/mol. The zero-order valence-corrected chi connectivity index (χ0v) is 8.21. The first-order valence-electron chi connectivity index (χ1n) is 4.02. The van der Waals surface area contributed by atoms with Crippen LogP contribution in [0.25, 0.3) is 0 Å². The zero-order chi connectivity index (χ0) is 8.97. The molecule has 0 aliphatic carbocycles. The minimum atomic E-state index is -3.35. The second kappa shape index (κ2) is 4.35. The van der Waals surface area contributed by atoms with Gasteiger partial charge >= 0.3 is 9.46 Å². The van der Waals surface area contributed by atoms with Crippen molar-refractivity contribution in [3.05, 3.63) is 35.4 Å². The smallest absolute Gasteiger partial charge is 0.275 e. The highest BCUT2D eigenvalue weighted by Crippen LogP contribution is 2.08. The van der Waals surface area contributed by atoms with Crippen molar-refractivity contribution in [2.45, 2.75) is 19.4 Å². The molecule has 1 aromatic rings. The van der Waals surface area contributed by atoms with Crippen LogP contribution >= 0.6 is 0 Å². The van der Waals surface area contributed by atoms with E-state index in [1.54, 1.807) is 0 Å². The number of hydrogen-bond donors (Lipinski definition) is 0. The highest BCUT2D eigenvalue weighted by Gasteiger charge is 2.06. The van der Waals surface area contributed by atoms with Crippen LogP contribution in [-0.2, 0) is 6.42 Å². The van der Waals surface area contributed by atoms with Crippen molar-refractivity contribution in [3.8, 4) is 0 Å². The molecule has 0 saturated heterocycles. The lowest BCUT2D eigenvalue weighted by molar-refractivity contribution is 0.650. The van der Waals surface area contributed by atoms with Gasteiger partial charge in [-0.15, -0.1) is 0 Å². The SMILES string of the molecule is Cc1ccc(CC[SiH](F)F)cc1. The normalized spacial score (nSPS) is 10.7. The molecule has 0 saturated carbocycles. The maximum absolute atomic E-state index is 11.9. The summed E-state index contributed by atoms with van der Waals surface area (Å²) in [7, 11) is -3.35. The molecule has 12 heavy (non-hydrogen) atoms. The van der Waals surface area contributed by atoms with Crippen LogP contribution in [-0.4, -0.2) is 9.46 Å². The summed E-state index contributed by atoms with van der Waals surface area (Å²) in [5, 5.41) is 0. The van der Waals surface area contributed by atoms with Crippen molar-refractivity contribution in [2.75, 3.05) is 0 Å². The summed E-state index contributed by atoms with van der Waals surface area (Å²) in [6, 6.07) is 7.87. The van der Waals surface area contributed by atoms with E-state index in [-0.39, 0.29) is 6.04 Å². The maximum Gasteiger partial charge on any atom is 0.411 e. The van der Waals surface area contributed by atoms with Crippen LogP contribution < -0.4 is 0 Å². The van der Waals surface area contributed by atoms with Crippen molar-refractivity contribution in [1.29, 1.82) is 0 Å². The van der Waals surface area contributed by atoms with Gasteiger partial charge in [0.25, 0.3) is 0 Å². The van der Waals surface area contributed by atoms with Gasteiger partial charge in [-0.05, 0) is 25.0 Å². The lowest BCUT2D eigenvalue weighted by atomic mass is 10.1. The number of hydrogen-bond acceptors (Lipinski definition) is 0. The van der Waals surface area contributed by atoms with Gasteiger partial charge in [0.15, 0.2) is 0 Å². The van der Waals surface area contributed by atoms with Gasteiger partial charge in [-0.3, -0.25) is 8.22 Å². The van der Waals surface area contributed by atoms with Gasteiger partial charge in [-0.25, -0.2) is 0 Å². The number of aryl methyl sites for hydroxylation is 2. The molecule has 0 atom stereocenters. The Kier molecular flexibility index (Phi) is 3.41. The molecule has 0 spiro atoms. The lowest BCUT2D eigenvalue weighted by Crippen LogP contribution is -1.97. The number of halogens is 2. The molecule has 0 bridgehead atoms. The van der Waals surface area contributed by atoms with E-state index >= 15 is 0 Å². The Hall–Kier alpha value is -0.703. The minimum absolute atomic E-state index is 0.100. The standard InChI is InChI=1S/C9H12F2Si/c1-8-2-4-9(5-3-8)6-7-12(10)11/h2-5,12H,6-7H2,1H3. The quantitative estimate of drug-likeness (QED) is 0.503. The van der Waals surface area contributed by atoms with Gasteiger partial charge in [-0.1, -0.05) is 29.8 Å². The van der Waals surface area contributed by atoms with Crippen molar-refractivity contribution < 1.29 is 8.22 Å². The molecule has 3 heteroatoms. The topological polar surface area (TPSA) is 0 Å². The third kappa shape index (κ3) is 3.13. The third-order valence-corrected chi connectivity index (χ3v) is 2.50. The largest absolute Gasteiger partial charge is 0.411 e. The second-order valence-electron chi connectivity index (χ2n) is 2.92. The van der Waals surface area contributed by atoms with E-state index < -0.39 is 9.46 Å². The number of benzene rings is 1. The summed E-state index contributed by atoms with van der Waals surface area (Å²) in [6.07, 6.45) is 0.532. The van der Waals surface area contributed by atoms with Gasteiger partial charge in [0.1, 0.15) is 0 Å². The van der Waals surface area contributed by atoms with E-state index in [1.165, 1.54) is 5.56 Å². The van der Waals surface area contributed by atoms with Crippen LogP contribution in [0.2, 0.25) is 6.04 Å². The highest BCUT2D eigenvalue weighted by molar-refractivity contribution is 6.42. The maximum atomic E-state index is 11.9. The minimum Gasteiger partial charge on any atom is -0.275 e. The van der Waals surface area contributed by atoms with Crippen molar-refractivity contribution in [1.82, 2.24) is 0 Å². The first kappa shape index (κ1) is 9.39. The van der Waals surface area contributed by atoms with E-state index in [2.05, 4.69) is 0 Å². The van der Waals surface area contributed by atoms with Gasteiger partial charge in [0, 0.05) is 0 Å². The average molecular weight is 186 g/mol. The summed E-state index contributed by atoms with van der Waals surface area (Å²) in [6.45, 7) is 1.99. The molecule has 0 amide bonds. The summed E-state index contributed by atoms with van der Waals surface area (Å²) in [5.41, 5.74) is 2.20. The Morgan fingerprint density at radius 2 is 1.75 bits per heavy atom. The highest BCUT2D eigenvalue weighted by atomic mass is 28.4. The first-order chi connectivity index (χ1) is 5.68. The van der Waals surface area contributed by atoms with Crippen LogP contribution in [0.15, 0.2) is 24.3 Å². The van der Waals surface area contributed by atoms with Crippen LogP contribution in [0.4, 0.5) is 8.22 Å². The van der Waals surface area contributed by atoms with Crippen LogP contribution in [0, 0.1) is 6.92 Å². The molecule has 0 nitrogen and oxygen atoms in total. The fraction of sp³-hybridized carbons (Fsp3) is 0.333. The molecule has 0 fully saturated rings. The fourth-order valence-corrected chi connectivity index (χ4v) is 1.58. The zero-order valence-electron chi connectivity index (χ0n) is 7.06. The van der Waals surface area contributed by atoms with Crippen LogP contribution in [0.5, 0.6) is 0 Å². The van der Waals surface area contributed by atoms with E-state index in [4.69, 9.17) is 0 Å². The molecular weight excluding hydrogens is 174 g/mol. The molecule has 0 aliphatic rings. The molecule has 1 aromatic carbocycles. The van der Waals surface area contributed by atoms with Crippen LogP contribution in [0.1, 0.15) is 11.1 Å². The van der Waals surface area contributed by atoms with E-state index in [1.807, 2.05) is 31.2 Å². The molecule has 0 aliphatic heterocycles. The Morgan fingerprint density at radius 3 is 2.25 bits per heavy atom. The van der Waals surface area contributed by atoms with Crippen molar-refractivity contribution >= 4 is 9.46 Å². The van der Waals surface area contributed by atoms with Gasteiger partial charge in [0.2, 0.25) is 0 Å². The van der Waals surface area contributed by atoms with E-state index in [0.29, 0.717) is 6.42 Å². The second-order valence-corrected chi connectivity index (χ2v) is 4.27. The average Bonchev–Trinajstić information content (AvgIpc) is 2.03. The summed E-state index contributed by atoms with van der Waals surface area (Å²) in [4.78, 5) is 0. The van der Waals surface area contributed by atoms with E-state index in [9.17, 15) is 8.22 Å². The van der Waals surface area contributed by atoms with Gasteiger partial charge < -0.3 is 0 Å². The summed E-state index contributed by atoms with van der Waals surface area (Å²) < 4.78 is 23.9. The van der Waals surface area contributed by atoms with E-state index in [0.717, 1.165) is 5.56 Å². The molecule has 1 rings (SSSR count). The van der Waals surface area contributed by atoms with Crippen molar-refractivity contribution in [3.63, 3.8) is 0 Å². The molecule has 0 unspecified atom stereocenters. The molecule has 0 aromatic heterocycles. The Morgan fingerprint density at radius 1 is 1.17 bits per heavy atom. The molecule has 66 valence electrons. The molecular formula is C9H12F2Si. The Labute approximate surface area is 73.2 Å². The summed E-state index contributed by atoms with van der Waals surface area (Å²) >= 11 is 0. The number of rotatable bonds is 3. The predicted octanol–water partition coefficient (Wildman–Crippen LogP) is 2.70. The fourth-order valence-electron chi connectivity index (χ4n) is 1.03.